The van der Waals surface area contributed by atoms with E-state index >= 15 is 0 Å². The van der Waals surface area contributed by atoms with Crippen LogP contribution < -0.4 is 0 Å². The average molecular weight is 441 g/mol. The number of nitriles is 1. The Morgan fingerprint density at radius 3 is 2.09 bits per heavy atom. The molecule has 6 heteroatoms. The molecule has 0 radical (unpaired) electrons. The molecule has 1 saturated heterocycles. The maximum Gasteiger partial charge on any atom is 0.226 e. The fourth-order valence-corrected chi connectivity index (χ4v) is 4.49. The molecule has 1 atom stereocenters. The zero-order valence-corrected chi connectivity index (χ0v) is 18.8. The second-order valence-corrected chi connectivity index (χ2v) is 8.40. The average Bonchev–Trinajstić information content (AvgIpc) is 2.87. The van der Waals surface area contributed by atoms with Gasteiger partial charge in [-0.15, -0.1) is 0 Å². The van der Waals surface area contributed by atoms with Crippen LogP contribution in [-0.4, -0.2) is 52.0 Å². The van der Waals surface area contributed by atoms with Crippen LogP contribution in [0.1, 0.15) is 34.8 Å². The van der Waals surface area contributed by atoms with E-state index in [1.807, 2.05) is 79.7 Å². The number of hydrogen-bond donors (Lipinski definition) is 1. The minimum absolute atomic E-state index is 0.0373. The molecule has 2 heterocycles. The highest BCUT2D eigenvalue weighted by Gasteiger charge is 2.37. The van der Waals surface area contributed by atoms with E-state index in [0.29, 0.717) is 37.3 Å². The highest BCUT2D eigenvalue weighted by atomic mass is 16.3. The number of aromatic nitrogens is 1. The molecule has 1 aliphatic rings. The molecule has 1 amide bonds. The summed E-state index contributed by atoms with van der Waals surface area (Å²) in [5.74, 6) is -0.101. The second-order valence-electron chi connectivity index (χ2n) is 8.40. The van der Waals surface area contributed by atoms with Crippen LogP contribution >= 0.6 is 0 Å². The van der Waals surface area contributed by atoms with Crippen molar-refractivity contribution in [1.29, 1.82) is 5.26 Å². The molecule has 0 bridgehead atoms. The number of benzene rings is 2. The van der Waals surface area contributed by atoms with E-state index in [2.05, 4.69) is 16.0 Å². The molecule has 4 rings (SSSR count). The number of nitrogens with zero attached hydrogens (tertiary/aromatic N) is 4. The van der Waals surface area contributed by atoms with E-state index in [1.165, 1.54) is 0 Å². The van der Waals surface area contributed by atoms with Gasteiger partial charge >= 0.3 is 0 Å². The summed E-state index contributed by atoms with van der Waals surface area (Å²) in [7, 11) is 0. The Morgan fingerprint density at radius 2 is 1.58 bits per heavy atom. The third kappa shape index (κ3) is 4.80. The van der Waals surface area contributed by atoms with Gasteiger partial charge in [0.25, 0.3) is 0 Å². The van der Waals surface area contributed by atoms with Crippen molar-refractivity contribution in [2.45, 2.75) is 25.0 Å². The van der Waals surface area contributed by atoms with Crippen LogP contribution in [0.5, 0.6) is 0 Å². The van der Waals surface area contributed by atoms with E-state index in [-0.39, 0.29) is 18.4 Å². The Morgan fingerprint density at radius 1 is 1.00 bits per heavy atom. The summed E-state index contributed by atoms with van der Waals surface area (Å²) >= 11 is 0. The molecule has 3 aromatic rings. The minimum atomic E-state index is -1.40. The number of pyridine rings is 1. The standard InChI is InChI=1S/C27H28N4O2/c1-21-24(13-8-14-29-21)25(20-28)30-15-17-31(18-16-30)26(32)19-27(33,22-9-4-2-5-10-22)23-11-6-3-7-12-23/h2-14,25,33H,15-19H2,1H3. The van der Waals surface area contributed by atoms with Gasteiger partial charge in [-0.25, -0.2) is 0 Å². The van der Waals surface area contributed by atoms with Crippen LogP contribution in [0.15, 0.2) is 79.0 Å². The lowest BCUT2D eigenvalue weighted by Gasteiger charge is -2.38. The van der Waals surface area contributed by atoms with Crippen LogP contribution in [0.4, 0.5) is 0 Å². The Kier molecular flexibility index (Phi) is 6.83. The maximum absolute atomic E-state index is 13.3. The number of aryl methyl sites for hydroxylation is 1. The molecular weight excluding hydrogens is 412 g/mol. The van der Waals surface area contributed by atoms with Crippen LogP contribution in [0.25, 0.3) is 0 Å². The molecule has 0 saturated carbocycles. The first kappa shape index (κ1) is 22.7. The first-order valence-electron chi connectivity index (χ1n) is 11.2. The number of piperazine rings is 1. The van der Waals surface area contributed by atoms with Gasteiger partial charge in [0.2, 0.25) is 5.91 Å². The topological polar surface area (TPSA) is 80.5 Å². The third-order valence-electron chi connectivity index (χ3n) is 6.41. The van der Waals surface area contributed by atoms with Gasteiger partial charge in [0.1, 0.15) is 11.6 Å². The highest BCUT2D eigenvalue weighted by molar-refractivity contribution is 5.78. The van der Waals surface area contributed by atoms with Crippen molar-refractivity contribution >= 4 is 5.91 Å². The van der Waals surface area contributed by atoms with Crippen molar-refractivity contribution in [3.05, 3.63) is 101 Å². The van der Waals surface area contributed by atoms with Gasteiger partial charge in [-0.2, -0.15) is 5.26 Å². The third-order valence-corrected chi connectivity index (χ3v) is 6.41. The molecule has 168 valence electrons. The summed E-state index contributed by atoms with van der Waals surface area (Å²) in [5, 5.41) is 21.5. The fraction of sp³-hybridized carbons (Fsp3) is 0.296. The smallest absolute Gasteiger partial charge is 0.226 e. The molecule has 1 aromatic heterocycles. The summed E-state index contributed by atoms with van der Waals surface area (Å²) < 4.78 is 0. The molecule has 1 unspecified atom stereocenters. The molecule has 6 nitrogen and oxygen atoms in total. The lowest BCUT2D eigenvalue weighted by Crippen LogP contribution is -2.50. The van der Waals surface area contributed by atoms with E-state index < -0.39 is 5.60 Å². The second kappa shape index (κ2) is 9.95. The van der Waals surface area contributed by atoms with E-state index in [1.54, 1.807) is 11.1 Å². The van der Waals surface area contributed by atoms with Crippen LogP contribution in [0.2, 0.25) is 0 Å². The number of hydrogen-bond acceptors (Lipinski definition) is 5. The van der Waals surface area contributed by atoms with Gasteiger partial charge in [-0.05, 0) is 24.1 Å². The van der Waals surface area contributed by atoms with Crippen molar-refractivity contribution in [1.82, 2.24) is 14.8 Å². The molecule has 1 aliphatic heterocycles. The predicted octanol–water partition coefficient (Wildman–Crippen LogP) is 3.43. The van der Waals surface area contributed by atoms with Gasteiger partial charge < -0.3 is 10.0 Å². The van der Waals surface area contributed by atoms with Gasteiger partial charge in [-0.3, -0.25) is 14.7 Å². The number of rotatable bonds is 6. The zero-order valence-electron chi connectivity index (χ0n) is 18.8. The first-order valence-corrected chi connectivity index (χ1v) is 11.2. The van der Waals surface area contributed by atoms with Gasteiger partial charge in [0.05, 0.1) is 12.5 Å². The van der Waals surface area contributed by atoms with Gasteiger partial charge in [0.15, 0.2) is 0 Å². The van der Waals surface area contributed by atoms with E-state index in [9.17, 15) is 15.2 Å². The molecule has 1 fully saturated rings. The van der Waals surface area contributed by atoms with Crippen LogP contribution in [0, 0.1) is 18.3 Å². The SMILES string of the molecule is Cc1ncccc1C(C#N)N1CCN(C(=O)CC(O)(c2ccccc2)c2ccccc2)CC1. The van der Waals surface area contributed by atoms with E-state index in [4.69, 9.17) is 0 Å². The lowest BCUT2D eigenvalue weighted by molar-refractivity contribution is -0.137. The highest BCUT2D eigenvalue weighted by Crippen LogP contribution is 2.34. The molecule has 33 heavy (non-hydrogen) atoms. The number of amides is 1. The summed E-state index contributed by atoms with van der Waals surface area (Å²) in [6, 6.07) is 24.5. The first-order chi connectivity index (χ1) is 16.0. The number of carbonyl (C=O) groups excluding carboxylic acids is 1. The van der Waals surface area contributed by atoms with E-state index in [0.717, 1.165) is 11.3 Å². The zero-order chi connectivity index (χ0) is 23.3. The molecule has 2 aromatic carbocycles. The summed E-state index contributed by atoms with van der Waals surface area (Å²) in [6.07, 6.45) is 1.69. The monoisotopic (exact) mass is 440 g/mol. The fourth-order valence-electron chi connectivity index (χ4n) is 4.49. The Hall–Kier alpha value is -3.53. The maximum atomic E-state index is 13.3. The lowest BCUT2D eigenvalue weighted by atomic mass is 9.83. The van der Waals surface area contributed by atoms with Crippen molar-refractivity contribution in [3.63, 3.8) is 0 Å². The predicted molar refractivity (Wildman–Crippen MR) is 126 cm³/mol. The Labute approximate surface area is 194 Å². The van der Waals surface area contributed by atoms with Gasteiger partial charge in [0, 0.05) is 43.6 Å². The van der Waals surface area contributed by atoms with Crippen molar-refractivity contribution in [2.75, 3.05) is 26.2 Å². The normalized spacial score (nSPS) is 15.6. The molecular formula is C27H28N4O2. The van der Waals surface area contributed by atoms with Crippen molar-refractivity contribution in [2.24, 2.45) is 0 Å². The molecule has 1 N–H and O–H groups in total. The number of carbonyl (C=O) groups is 1. The Bertz CT molecular complexity index is 1080. The van der Waals surface area contributed by atoms with Crippen LogP contribution in [0.3, 0.4) is 0 Å². The van der Waals surface area contributed by atoms with Gasteiger partial charge in [-0.1, -0.05) is 66.7 Å². The molecule has 0 aliphatic carbocycles. The van der Waals surface area contributed by atoms with Crippen molar-refractivity contribution < 1.29 is 9.90 Å². The molecule has 0 spiro atoms. The quantitative estimate of drug-likeness (QED) is 0.635. The largest absolute Gasteiger partial charge is 0.380 e. The van der Waals surface area contributed by atoms with Crippen molar-refractivity contribution in [3.8, 4) is 6.07 Å². The summed E-state index contributed by atoms with van der Waals surface area (Å²) in [6.45, 7) is 4.11. The summed E-state index contributed by atoms with van der Waals surface area (Å²) in [5.41, 5.74) is 1.74. The Balaban J connectivity index is 1.48. The van der Waals surface area contributed by atoms with Crippen LogP contribution in [-0.2, 0) is 10.4 Å². The minimum Gasteiger partial charge on any atom is -0.380 e. The summed E-state index contributed by atoms with van der Waals surface area (Å²) in [4.78, 5) is 21.5. The number of aliphatic hydroxyl groups is 1.